The van der Waals surface area contributed by atoms with E-state index >= 15 is 0 Å². The van der Waals surface area contributed by atoms with E-state index in [1.165, 1.54) is 0 Å². The minimum Gasteiger partial charge on any atom is -0.481 e. The van der Waals surface area contributed by atoms with Gasteiger partial charge in [-0.25, -0.2) is 0 Å². The van der Waals surface area contributed by atoms with Gasteiger partial charge in [-0.05, 0) is 56.8 Å². The smallest absolute Gasteiger partial charge is 0.303 e. The lowest BCUT2D eigenvalue weighted by Crippen LogP contribution is -2.41. The highest BCUT2D eigenvalue weighted by atomic mass is 16.4. The van der Waals surface area contributed by atoms with Crippen LogP contribution in [0.15, 0.2) is 37.0 Å². The van der Waals surface area contributed by atoms with Crippen LogP contribution < -0.4 is 0 Å². The number of allylic oxidation sites excluding steroid dienone is 3. The van der Waals surface area contributed by atoms with Crippen molar-refractivity contribution in [1.29, 1.82) is 0 Å². The second kappa shape index (κ2) is 11.5. The maximum absolute atomic E-state index is 12.3. The molecule has 0 amide bonds. The highest BCUT2D eigenvalue weighted by Gasteiger charge is 2.42. The van der Waals surface area contributed by atoms with Crippen LogP contribution in [0.1, 0.15) is 70.6 Å². The molecule has 2 saturated carbocycles. The number of unbranched alkanes of at least 4 members (excludes halogenated alkanes) is 1. The van der Waals surface area contributed by atoms with Gasteiger partial charge in [-0.15, -0.1) is 6.58 Å². The molecule has 29 heavy (non-hydrogen) atoms. The average Bonchev–Trinajstić information content (AvgIpc) is 2.90. The molecule has 2 aliphatic carbocycles. The summed E-state index contributed by atoms with van der Waals surface area (Å²) in [5.41, 5.74) is 0.000727. The molecule has 0 bridgehead atoms. The molecule has 0 aromatic heterocycles. The van der Waals surface area contributed by atoms with E-state index < -0.39 is 18.2 Å². The number of hydrogen-bond acceptors (Lipinski definition) is 4. The fraction of sp³-hybridized carbons (Fsp3) is 0.667. The van der Waals surface area contributed by atoms with Crippen molar-refractivity contribution in [1.82, 2.24) is 0 Å². The van der Waals surface area contributed by atoms with Crippen LogP contribution in [0.4, 0.5) is 0 Å². The second-order valence-corrected chi connectivity index (χ2v) is 8.64. The van der Waals surface area contributed by atoms with Crippen molar-refractivity contribution in [2.75, 3.05) is 0 Å². The Balaban J connectivity index is 1.86. The van der Waals surface area contributed by atoms with Crippen molar-refractivity contribution in [2.24, 2.45) is 17.3 Å². The fourth-order valence-corrected chi connectivity index (χ4v) is 4.64. The summed E-state index contributed by atoms with van der Waals surface area (Å²) in [6.07, 6.45) is 16.4. The van der Waals surface area contributed by atoms with Gasteiger partial charge in [0.1, 0.15) is 5.78 Å². The van der Waals surface area contributed by atoms with E-state index in [1.807, 2.05) is 30.4 Å². The Labute approximate surface area is 174 Å². The summed E-state index contributed by atoms with van der Waals surface area (Å²) in [5, 5.41) is 29.6. The first-order valence-electron chi connectivity index (χ1n) is 10.9. The predicted molar refractivity (Wildman–Crippen MR) is 113 cm³/mol. The largest absolute Gasteiger partial charge is 0.481 e. The third kappa shape index (κ3) is 6.65. The molecule has 0 radical (unpaired) electrons. The molecule has 5 nitrogen and oxygen atoms in total. The van der Waals surface area contributed by atoms with Gasteiger partial charge in [0.2, 0.25) is 0 Å². The fourth-order valence-electron chi connectivity index (χ4n) is 4.64. The highest BCUT2D eigenvalue weighted by Crippen LogP contribution is 2.48. The Kier molecular flexibility index (Phi) is 9.31. The van der Waals surface area contributed by atoms with Gasteiger partial charge in [0.15, 0.2) is 0 Å². The molecule has 0 aromatic carbocycles. The minimum atomic E-state index is -0.798. The molecule has 3 N–H and O–H groups in total. The third-order valence-electron chi connectivity index (χ3n) is 6.67. The lowest BCUT2D eigenvalue weighted by atomic mass is 9.62. The van der Waals surface area contributed by atoms with Crippen molar-refractivity contribution in [3.63, 3.8) is 0 Å². The van der Waals surface area contributed by atoms with Gasteiger partial charge in [-0.1, -0.05) is 36.8 Å². The summed E-state index contributed by atoms with van der Waals surface area (Å²) >= 11 is 0. The lowest BCUT2D eigenvalue weighted by Gasteiger charge is -2.45. The molecular weight excluding hydrogens is 368 g/mol. The molecule has 2 rings (SSSR count). The van der Waals surface area contributed by atoms with E-state index in [0.29, 0.717) is 25.7 Å². The monoisotopic (exact) mass is 404 g/mol. The summed E-state index contributed by atoms with van der Waals surface area (Å²) < 4.78 is 0. The lowest BCUT2D eigenvalue weighted by molar-refractivity contribution is -0.137. The molecule has 2 fully saturated rings. The zero-order chi connectivity index (χ0) is 21.3. The normalized spacial score (nSPS) is 27.4. The number of hydrogen-bond donors (Lipinski definition) is 3. The topological polar surface area (TPSA) is 94.8 Å². The number of Topliss-reactive ketones (excluding diaryl/α,β-unsaturated/α-hetero) is 1. The zero-order valence-corrected chi connectivity index (χ0v) is 17.3. The van der Waals surface area contributed by atoms with Gasteiger partial charge in [0.05, 0.1) is 12.2 Å². The van der Waals surface area contributed by atoms with E-state index in [4.69, 9.17) is 5.11 Å². The van der Waals surface area contributed by atoms with E-state index in [1.54, 1.807) is 0 Å². The van der Waals surface area contributed by atoms with Crippen LogP contribution in [0.3, 0.4) is 0 Å². The molecule has 2 unspecified atom stereocenters. The van der Waals surface area contributed by atoms with Crippen LogP contribution in [0.5, 0.6) is 0 Å². The number of carboxylic acids is 1. The quantitative estimate of drug-likeness (QED) is 0.316. The molecule has 0 aliphatic heterocycles. The minimum absolute atomic E-state index is 0.000727. The van der Waals surface area contributed by atoms with Gasteiger partial charge in [0.25, 0.3) is 0 Å². The van der Waals surface area contributed by atoms with Crippen LogP contribution in [0, 0.1) is 17.3 Å². The van der Waals surface area contributed by atoms with Crippen LogP contribution in [-0.4, -0.2) is 39.3 Å². The van der Waals surface area contributed by atoms with Crippen molar-refractivity contribution in [2.45, 2.75) is 82.8 Å². The summed E-state index contributed by atoms with van der Waals surface area (Å²) in [5.74, 6) is -1.19. The number of aliphatic hydroxyl groups is 2. The van der Waals surface area contributed by atoms with Gasteiger partial charge in [0, 0.05) is 24.7 Å². The van der Waals surface area contributed by atoms with Crippen LogP contribution >= 0.6 is 0 Å². The van der Waals surface area contributed by atoms with E-state index in [0.717, 1.165) is 32.1 Å². The maximum atomic E-state index is 12.3. The van der Waals surface area contributed by atoms with Crippen LogP contribution in [0.2, 0.25) is 0 Å². The zero-order valence-electron chi connectivity index (χ0n) is 17.3. The Bertz CT molecular complexity index is 617. The molecule has 0 aromatic rings. The Morgan fingerprint density at radius 2 is 2.00 bits per heavy atom. The number of aliphatic hydroxyl groups excluding tert-OH is 2. The number of carbonyl (C=O) groups excluding carboxylic acids is 1. The Morgan fingerprint density at radius 1 is 1.24 bits per heavy atom. The molecule has 5 heteroatoms. The van der Waals surface area contributed by atoms with Crippen molar-refractivity contribution >= 4 is 11.8 Å². The van der Waals surface area contributed by atoms with Crippen molar-refractivity contribution in [3.05, 3.63) is 37.0 Å². The summed E-state index contributed by atoms with van der Waals surface area (Å²) in [7, 11) is 0. The van der Waals surface area contributed by atoms with Crippen molar-refractivity contribution in [3.8, 4) is 0 Å². The Morgan fingerprint density at radius 3 is 2.62 bits per heavy atom. The highest BCUT2D eigenvalue weighted by molar-refractivity contribution is 5.84. The number of carbonyl (C=O) groups is 2. The molecule has 162 valence electrons. The summed E-state index contributed by atoms with van der Waals surface area (Å²) in [6, 6.07) is 0. The maximum Gasteiger partial charge on any atom is 0.303 e. The van der Waals surface area contributed by atoms with Gasteiger partial charge in [-0.3, -0.25) is 9.59 Å². The van der Waals surface area contributed by atoms with Crippen molar-refractivity contribution < 1.29 is 24.9 Å². The number of rotatable bonds is 13. The molecule has 0 spiro atoms. The SMILES string of the molecule is C=CCCC1(C(O)CC=C[C@H]2C(O)CC(=O)[C@@H]2CC=CCCCC(=O)O)CCC1. The summed E-state index contributed by atoms with van der Waals surface area (Å²) in [6.45, 7) is 3.78. The van der Waals surface area contributed by atoms with Gasteiger partial charge >= 0.3 is 5.97 Å². The first-order valence-corrected chi connectivity index (χ1v) is 10.9. The molecular formula is C24H36O5. The molecule has 0 heterocycles. The van der Waals surface area contributed by atoms with Gasteiger partial charge in [-0.2, -0.15) is 0 Å². The predicted octanol–water partition coefficient (Wildman–Crippen LogP) is 4.20. The van der Waals surface area contributed by atoms with Crippen LogP contribution in [-0.2, 0) is 9.59 Å². The molecule has 2 aliphatic rings. The Hall–Kier alpha value is -1.72. The van der Waals surface area contributed by atoms with Crippen LogP contribution in [0.25, 0.3) is 0 Å². The second-order valence-electron chi connectivity index (χ2n) is 8.64. The first kappa shape index (κ1) is 23.6. The average molecular weight is 405 g/mol. The van der Waals surface area contributed by atoms with E-state index in [-0.39, 0.29) is 35.9 Å². The number of aliphatic carboxylic acids is 1. The van der Waals surface area contributed by atoms with Gasteiger partial charge < -0.3 is 15.3 Å². The first-order chi connectivity index (χ1) is 13.9. The molecule has 0 saturated heterocycles. The van der Waals surface area contributed by atoms with E-state index in [9.17, 15) is 19.8 Å². The molecule has 4 atom stereocenters. The number of carboxylic acid groups (broad SMARTS) is 1. The standard InChI is InChI=1S/C24H36O5/c1-2-3-14-24(15-9-16-24)22(27)12-8-11-19-18(20(25)17-21(19)26)10-6-4-5-7-13-23(28)29/h2,4,6,8,11,18-19,21-22,26-27H,1,3,5,7,9-10,12-17H2,(H,28,29)/t18-,19-,21?,22?/m1/s1. The summed E-state index contributed by atoms with van der Waals surface area (Å²) in [4.78, 5) is 22.8. The number of ketones is 1. The van der Waals surface area contributed by atoms with E-state index in [2.05, 4.69) is 6.58 Å². The third-order valence-corrected chi connectivity index (χ3v) is 6.67.